The minimum absolute atomic E-state index is 0.111. The molecule has 2 N–H and O–H groups in total. The van der Waals surface area contributed by atoms with Gasteiger partial charge in [0, 0.05) is 6.54 Å². The van der Waals surface area contributed by atoms with Gasteiger partial charge in [0.05, 0.1) is 5.41 Å². The van der Waals surface area contributed by atoms with Crippen molar-refractivity contribution in [3.05, 3.63) is 0 Å². The highest BCUT2D eigenvalue weighted by Gasteiger charge is 2.57. The zero-order valence-electron chi connectivity index (χ0n) is 10.2. The van der Waals surface area contributed by atoms with Gasteiger partial charge < -0.3 is 15.2 Å². The zero-order chi connectivity index (χ0) is 12.6. The largest absolute Gasteiger partial charge is 0.481 e. The van der Waals surface area contributed by atoms with E-state index in [0.717, 1.165) is 0 Å². The lowest BCUT2D eigenvalue weighted by molar-refractivity contribution is -0.143. The molecule has 1 fully saturated rings. The van der Waals surface area contributed by atoms with Gasteiger partial charge in [-0.25, -0.2) is 4.79 Å². The number of ether oxygens (including phenoxy) is 1. The number of carboxylic acids is 1. The van der Waals surface area contributed by atoms with Crippen molar-refractivity contribution in [2.75, 3.05) is 6.54 Å². The first-order valence-electron chi connectivity index (χ1n) is 5.38. The van der Waals surface area contributed by atoms with E-state index in [2.05, 4.69) is 5.32 Å². The number of nitrogens with one attached hydrogen (secondary N) is 1. The van der Waals surface area contributed by atoms with Crippen molar-refractivity contribution in [1.82, 2.24) is 5.32 Å². The van der Waals surface area contributed by atoms with Crippen molar-refractivity contribution in [1.29, 1.82) is 0 Å². The summed E-state index contributed by atoms with van der Waals surface area (Å²) in [6.45, 7) is 7.29. The van der Waals surface area contributed by atoms with E-state index in [1.807, 2.05) is 6.92 Å². The smallest absolute Gasteiger partial charge is 0.407 e. The van der Waals surface area contributed by atoms with Crippen molar-refractivity contribution < 1.29 is 19.4 Å². The Kier molecular flexibility index (Phi) is 3.17. The fourth-order valence-corrected chi connectivity index (χ4v) is 1.65. The van der Waals surface area contributed by atoms with Crippen LogP contribution < -0.4 is 5.32 Å². The van der Waals surface area contributed by atoms with Crippen molar-refractivity contribution in [3.8, 4) is 0 Å². The molecule has 2 atom stereocenters. The molecule has 0 spiro atoms. The Morgan fingerprint density at radius 1 is 1.50 bits per heavy atom. The highest BCUT2D eigenvalue weighted by atomic mass is 16.6. The maximum atomic E-state index is 11.3. The molecule has 0 aromatic carbocycles. The van der Waals surface area contributed by atoms with Crippen LogP contribution >= 0.6 is 0 Å². The van der Waals surface area contributed by atoms with Crippen molar-refractivity contribution in [2.24, 2.45) is 11.3 Å². The fraction of sp³-hybridized carbons (Fsp3) is 0.818. The summed E-state index contributed by atoms with van der Waals surface area (Å²) in [7, 11) is 0. The van der Waals surface area contributed by atoms with Gasteiger partial charge in [-0.3, -0.25) is 4.79 Å². The summed E-state index contributed by atoms with van der Waals surface area (Å²) in [4.78, 5) is 22.3. The Bertz CT molecular complexity index is 308. The van der Waals surface area contributed by atoms with Gasteiger partial charge >= 0.3 is 12.1 Å². The first-order valence-corrected chi connectivity index (χ1v) is 5.38. The second kappa shape index (κ2) is 3.96. The standard InChI is InChI=1S/C11H19NO4/c1-7-5-11(7,8(13)14)6-12-9(15)16-10(2,3)4/h7H,5-6H2,1-4H3,(H,12,15)(H,13,14)/t7-,11+/m1/s1. The molecule has 5 heteroatoms. The van der Waals surface area contributed by atoms with E-state index in [-0.39, 0.29) is 12.5 Å². The van der Waals surface area contributed by atoms with Crippen molar-refractivity contribution >= 4 is 12.1 Å². The maximum absolute atomic E-state index is 11.3. The second-order valence-corrected chi connectivity index (χ2v) is 5.42. The molecule has 0 unspecified atom stereocenters. The Labute approximate surface area is 95.2 Å². The number of aliphatic carboxylic acids is 1. The molecule has 16 heavy (non-hydrogen) atoms. The van der Waals surface area contributed by atoms with E-state index in [1.165, 1.54) is 0 Å². The first-order chi connectivity index (χ1) is 7.17. The Balaban J connectivity index is 2.41. The van der Waals surface area contributed by atoms with Crippen LogP contribution in [-0.4, -0.2) is 29.3 Å². The van der Waals surface area contributed by atoms with Crippen LogP contribution in [-0.2, 0) is 9.53 Å². The van der Waals surface area contributed by atoms with Gasteiger partial charge in [0.15, 0.2) is 0 Å². The van der Waals surface area contributed by atoms with Crippen molar-refractivity contribution in [3.63, 3.8) is 0 Å². The topological polar surface area (TPSA) is 75.6 Å². The van der Waals surface area contributed by atoms with Crippen LogP contribution in [0.15, 0.2) is 0 Å². The highest BCUT2D eigenvalue weighted by molar-refractivity contribution is 5.80. The first kappa shape index (κ1) is 12.8. The number of carboxylic acid groups (broad SMARTS) is 1. The summed E-state index contributed by atoms with van der Waals surface area (Å²) in [5.74, 6) is -0.740. The average Bonchev–Trinajstić information content (AvgIpc) is 2.72. The summed E-state index contributed by atoms with van der Waals surface area (Å²) in [6.07, 6.45) is 0.0465. The third kappa shape index (κ3) is 2.87. The van der Waals surface area contributed by atoms with Crippen LogP contribution in [0.4, 0.5) is 4.79 Å². The molecule has 1 rings (SSSR count). The maximum Gasteiger partial charge on any atom is 0.407 e. The van der Waals surface area contributed by atoms with Crippen molar-refractivity contribution in [2.45, 2.75) is 39.7 Å². The van der Waals surface area contributed by atoms with Gasteiger partial charge in [-0.05, 0) is 33.1 Å². The summed E-state index contributed by atoms with van der Waals surface area (Å²) in [5.41, 5.74) is -1.34. The summed E-state index contributed by atoms with van der Waals surface area (Å²) >= 11 is 0. The van der Waals surface area contributed by atoms with Crippen LogP contribution in [0.1, 0.15) is 34.1 Å². The number of alkyl carbamates (subject to hydrolysis) is 1. The van der Waals surface area contributed by atoms with E-state index < -0.39 is 23.1 Å². The molecular formula is C11H19NO4. The predicted molar refractivity (Wildman–Crippen MR) is 58.1 cm³/mol. The monoisotopic (exact) mass is 229 g/mol. The molecule has 0 aromatic rings. The average molecular weight is 229 g/mol. The number of hydrogen-bond donors (Lipinski definition) is 2. The summed E-state index contributed by atoms with van der Waals surface area (Å²) in [6, 6.07) is 0. The number of carbonyl (C=O) groups is 2. The molecule has 0 heterocycles. The minimum atomic E-state index is -0.851. The Morgan fingerprint density at radius 3 is 2.31 bits per heavy atom. The Hall–Kier alpha value is -1.26. The molecule has 0 aromatic heterocycles. The van der Waals surface area contributed by atoms with E-state index >= 15 is 0 Å². The molecule has 0 radical (unpaired) electrons. The molecule has 1 saturated carbocycles. The number of hydrogen-bond acceptors (Lipinski definition) is 3. The van der Waals surface area contributed by atoms with Gasteiger partial charge in [-0.1, -0.05) is 6.92 Å². The molecular weight excluding hydrogens is 210 g/mol. The third-order valence-corrected chi connectivity index (χ3v) is 2.83. The van der Waals surface area contributed by atoms with Crippen LogP contribution in [0.5, 0.6) is 0 Å². The second-order valence-electron chi connectivity index (χ2n) is 5.42. The minimum Gasteiger partial charge on any atom is -0.481 e. The lowest BCUT2D eigenvalue weighted by Crippen LogP contribution is -2.38. The number of carbonyl (C=O) groups excluding carboxylic acids is 1. The SMILES string of the molecule is C[C@@H]1C[C@@]1(CNC(=O)OC(C)(C)C)C(=O)O. The van der Waals surface area contributed by atoms with E-state index in [0.29, 0.717) is 6.42 Å². The molecule has 0 saturated heterocycles. The number of amides is 1. The van der Waals surface area contributed by atoms with Gasteiger partial charge in [0.1, 0.15) is 5.60 Å². The van der Waals surface area contributed by atoms with Crippen LogP contribution in [0.3, 0.4) is 0 Å². The van der Waals surface area contributed by atoms with Crippen LogP contribution in [0.25, 0.3) is 0 Å². The van der Waals surface area contributed by atoms with E-state index in [4.69, 9.17) is 9.84 Å². The molecule has 0 aliphatic heterocycles. The van der Waals surface area contributed by atoms with Gasteiger partial charge in [0.25, 0.3) is 0 Å². The van der Waals surface area contributed by atoms with E-state index in [9.17, 15) is 9.59 Å². The highest BCUT2D eigenvalue weighted by Crippen LogP contribution is 2.51. The van der Waals surface area contributed by atoms with Gasteiger partial charge in [-0.15, -0.1) is 0 Å². The van der Waals surface area contributed by atoms with E-state index in [1.54, 1.807) is 20.8 Å². The van der Waals surface area contributed by atoms with Gasteiger partial charge in [0.2, 0.25) is 0 Å². The molecule has 1 aliphatic carbocycles. The number of rotatable bonds is 3. The summed E-state index contributed by atoms with van der Waals surface area (Å²) < 4.78 is 5.03. The quantitative estimate of drug-likeness (QED) is 0.771. The fourth-order valence-electron chi connectivity index (χ4n) is 1.65. The molecule has 1 amide bonds. The third-order valence-electron chi connectivity index (χ3n) is 2.83. The Morgan fingerprint density at radius 2 is 2.00 bits per heavy atom. The lowest BCUT2D eigenvalue weighted by Gasteiger charge is -2.20. The molecule has 1 aliphatic rings. The lowest BCUT2D eigenvalue weighted by atomic mass is 10.1. The summed E-state index contributed by atoms with van der Waals surface area (Å²) in [5, 5.41) is 11.5. The van der Waals surface area contributed by atoms with Crippen LogP contribution in [0, 0.1) is 11.3 Å². The molecule has 92 valence electrons. The van der Waals surface area contributed by atoms with Gasteiger partial charge in [-0.2, -0.15) is 0 Å². The predicted octanol–water partition coefficient (Wildman–Crippen LogP) is 1.62. The normalized spacial score (nSPS) is 28.4. The van der Waals surface area contributed by atoms with Crippen LogP contribution in [0.2, 0.25) is 0 Å². The molecule has 0 bridgehead atoms. The zero-order valence-corrected chi connectivity index (χ0v) is 10.2. The molecule has 5 nitrogen and oxygen atoms in total.